The summed E-state index contributed by atoms with van der Waals surface area (Å²) in [6, 6.07) is 13.3. The first-order valence-electron chi connectivity index (χ1n) is 10.3. The molecule has 2 aliphatic heterocycles. The normalized spacial score (nSPS) is 31.5. The molecule has 2 aromatic carbocycles. The molecule has 4 rings (SSSR count). The van der Waals surface area contributed by atoms with Crippen molar-refractivity contribution in [1.29, 1.82) is 0 Å². The summed E-state index contributed by atoms with van der Waals surface area (Å²) in [5, 5.41) is 40.5. The third-order valence-corrected chi connectivity index (χ3v) is 6.22. The van der Waals surface area contributed by atoms with Crippen LogP contribution in [0, 0.1) is 0 Å². The van der Waals surface area contributed by atoms with Crippen molar-refractivity contribution in [3.05, 3.63) is 69.7 Å². The zero-order chi connectivity index (χ0) is 22.0. The van der Waals surface area contributed by atoms with E-state index in [0.717, 1.165) is 16.7 Å². The molecule has 2 saturated heterocycles. The number of halogens is 1. The van der Waals surface area contributed by atoms with Gasteiger partial charge in [0.2, 0.25) is 0 Å². The fraction of sp³-hybridized carbons (Fsp3) is 0.478. The van der Waals surface area contributed by atoms with Crippen molar-refractivity contribution in [3.8, 4) is 0 Å². The van der Waals surface area contributed by atoms with Gasteiger partial charge in [-0.1, -0.05) is 48.0 Å². The van der Waals surface area contributed by atoms with Gasteiger partial charge in [0.1, 0.15) is 36.6 Å². The number of rotatable bonds is 5. The topological polar surface area (TPSA) is 109 Å². The van der Waals surface area contributed by atoms with E-state index in [1.165, 1.54) is 0 Å². The van der Waals surface area contributed by atoms with Crippen molar-refractivity contribution < 1.29 is 34.6 Å². The van der Waals surface area contributed by atoms with Crippen LogP contribution in [0.4, 0.5) is 0 Å². The van der Waals surface area contributed by atoms with Gasteiger partial charge in [0.25, 0.3) is 0 Å². The monoisotopic (exact) mass is 450 g/mol. The standard InChI is InChI=1S/C23H27ClO7/c24-17-6-5-15(23-22(28)21(27)20(26)18(11-25)31-23)10-16(17)9-13-1-3-14(4-2-13)19-12-29-7-8-30-19/h1-6,10,18-23,25-28H,7-9,11-12H2/t18-,19?,20-,21+,22-,23+/m1/s1. The van der Waals surface area contributed by atoms with E-state index in [0.29, 0.717) is 36.8 Å². The van der Waals surface area contributed by atoms with Crippen LogP contribution in [0.2, 0.25) is 5.02 Å². The van der Waals surface area contributed by atoms with Gasteiger partial charge in [0.15, 0.2) is 0 Å². The molecule has 0 bridgehead atoms. The van der Waals surface area contributed by atoms with Gasteiger partial charge in [-0.2, -0.15) is 0 Å². The van der Waals surface area contributed by atoms with Gasteiger partial charge in [0, 0.05) is 5.02 Å². The summed E-state index contributed by atoms with van der Waals surface area (Å²) in [4.78, 5) is 0. The second-order valence-corrected chi connectivity index (χ2v) is 8.36. The first-order valence-corrected chi connectivity index (χ1v) is 10.7. The van der Waals surface area contributed by atoms with Crippen LogP contribution in [0.25, 0.3) is 0 Å². The molecular formula is C23H27ClO7. The molecule has 31 heavy (non-hydrogen) atoms. The molecule has 6 atom stereocenters. The molecule has 2 aliphatic rings. The number of benzene rings is 2. The minimum absolute atomic E-state index is 0.0547. The Kier molecular flexibility index (Phi) is 7.26. The number of hydrogen-bond acceptors (Lipinski definition) is 7. The van der Waals surface area contributed by atoms with E-state index in [-0.39, 0.29) is 6.10 Å². The maximum absolute atomic E-state index is 10.4. The Morgan fingerprint density at radius 2 is 1.65 bits per heavy atom. The molecule has 2 aromatic rings. The smallest absolute Gasteiger partial charge is 0.113 e. The first kappa shape index (κ1) is 22.6. The van der Waals surface area contributed by atoms with Crippen molar-refractivity contribution >= 4 is 11.6 Å². The van der Waals surface area contributed by atoms with Crippen molar-refractivity contribution in [2.45, 2.75) is 43.0 Å². The number of hydrogen-bond donors (Lipinski definition) is 4. The van der Waals surface area contributed by atoms with E-state index in [2.05, 4.69) is 0 Å². The summed E-state index contributed by atoms with van der Waals surface area (Å²) in [6.45, 7) is 1.29. The van der Waals surface area contributed by atoms with Crippen molar-refractivity contribution in [2.24, 2.45) is 0 Å². The summed E-state index contributed by atoms with van der Waals surface area (Å²) in [7, 11) is 0. The predicted octanol–water partition coefficient (Wildman–Crippen LogP) is 1.53. The average molecular weight is 451 g/mol. The van der Waals surface area contributed by atoms with Crippen LogP contribution in [0.5, 0.6) is 0 Å². The molecule has 4 N–H and O–H groups in total. The van der Waals surface area contributed by atoms with Crippen LogP contribution < -0.4 is 0 Å². The molecule has 0 radical (unpaired) electrons. The molecular weight excluding hydrogens is 424 g/mol. The van der Waals surface area contributed by atoms with E-state index in [4.69, 9.17) is 25.8 Å². The van der Waals surface area contributed by atoms with Gasteiger partial charge in [-0.15, -0.1) is 0 Å². The highest BCUT2D eigenvalue weighted by Crippen LogP contribution is 2.34. The van der Waals surface area contributed by atoms with E-state index >= 15 is 0 Å². The molecule has 0 aliphatic carbocycles. The Balaban J connectivity index is 1.51. The van der Waals surface area contributed by atoms with E-state index < -0.39 is 37.1 Å². The largest absolute Gasteiger partial charge is 0.394 e. The average Bonchev–Trinajstić information content (AvgIpc) is 2.80. The minimum Gasteiger partial charge on any atom is -0.394 e. The van der Waals surface area contributed by atoms with Crippen LogP contribution in [0.1, 0.15) is 34.5 Å². The maximum atomic E-state index is 10.4. The summed E-state index contributed by atoms with van der Waals surface area (Å²) < 4.78 is 16.9. The Morgan fingerprint density at radius 1 is 0.903 bits per heavy atom. The van der Waals surface area contributed by atoms with E-state index in [1.54, 1.807) is 12.1 Å². The fourth-order valence-electron chi connectivity index (χ4n) is 4.03. The van der Waals surface area contributed by atoms with E-state index in [9.17, 15) is 20.4 Å². The molecule has 0 saturated carbocycles. The maximum Gasteiger partial charge on any atom is 0.113 e. The highest BCUT2D eigenvalue weighted by molar-refractivity contribution is 6.31. The Bertz CT molecular complexity index is 867. The van der Waals surface area contributed by atoms with Gasteiger partial charge in [-0.25, -0.2) is 0 Å². The molecule has 7 nitrogen and oxygen atoms in total. The summed E-state index contributed by atoms with van der Waals surface area (Å²) in [5.41, 5.74) is 3.56. The van der Waals surface area contributed by atoms with Crippen molar-refractivity contribution in [1.82, 2.24) is 0 Å². The van der Waals surface area contributed by atoms with Gasteiger partial charge < -0.3 is 34.6 Å². The SMILES string of the molecule is OC[C@H]1O[C@@H](c2ccc(Cl)c(Cc3ccc(C4COCCO4)cc3)c2)[C@H](O)[C@@H](O)[C@@H]1O. The molecule has 0 spiro atoms. The summed E-state index contributed by atoms with van der Waals surface area (Å²) in [5.74, 6) is 0. The Labute approximate surface area is 185 Å². The molecule has 168 valence electrons. The van der Waals surface area contributed by atoms with Crippen LogP contribution >= 0.6 is 11.6 Å². The highest BCUT2D eigenvalue weighted by atomic mass is 35.5. The predicted molar refractivity (Wildman–Crippen MR) is 113 cm³/mol. The lowest BCUT2D eigenvalue weighted by molar-refractivity contribution is -0.231. The van der Waals surface area contributed by atoms with Gasteiger partial charge in [0.05, 0.1) is 26.4 Å². The molecule has 0 amide bonds. The Hall–Kier alpha value is -1.55. The summed E-state index contributed by atoms with van der Waals surface area (Å²) >= 11 is 6.41. The van der Waals surface area contributed by atoms with E-state index in [1.807, 2.05) is 30.3 Å². The van der Waals surface area contributed by atoms with Crippen LogP contribution in [0.3, 0.4) is 0 Å². The lowest BCUT2D eigenvalue weighted by Crippen LogP contribution is -2.55. The number of aliphatic hydroxyl groups is 4. The molecule has 1 unspecified atom stereocenters. The lowest BCUT2D eigenvalue weighted by atomic mass is 9.90. The highest BCUT2D eigenvalue weighted by Gasteiger charge is 2.44. The number of aliphatic hydroxyl groups excluding tert-OH is 4. The third-order valence-electron chi connectivity index (χ3n) is 5.85. The van der Waals surface area contributed by atoms with Crippen LogP contribution in [-0.2, 0) is 20.6 Å². The van der Waals surface area contributed by atoms with Gasteiger partial charge in [-0.05, 0) is 34.7 Å². The van der Waals surface area contributed by atoms with Crippen LogP contribution in [-0.4, -0.2) is 71.3 Å². The fourth-order valence-corrected chi connectivity index (χ4v) is 4.22. The first-order chi connectivity index (χ1) is 15.0. The van der Waals surface area contributed by atoms with Crippen molar-refractivity contribution in [3.63, 3.8) is 0 Å². The quantitative estimate of drug-likeness (QED) is 0.547. The third kappa shape index (κ3) is 4.94. The Morgan fingerprint density at radius 3 is 2.32 bits per heavy atom. The zero-order valence-corrected chi connectivity index (χ0v) is 17.7. The molecule has 8 heteroatoms. The molecule has 0 aromatic heterocycles. The van der Waals surface area contributed by atoms with Gasteiger partial charge in [-0.3, -0.25) is 0 Å². The van der Waals surface area contributed by atoms with Gasteiger partial charge >= 0.3 is 0 Å². The second-order valence-electron chi connectivity index (χ2n) is 7.95. The second kappa shape index (κ2) is 9.94. The zero-order valence-electron chi connectivity index (χ0n) is 16.9. The van der Waals surface area contributed by atoms with Crippen molar-refractivity contribution in [2.75, 3.05) is 26.4 Å². The number of ether oxygens (including phenoxy) is 3. The minimum atomic E-state index is -1.42. The molecule has 2 heterocycles. The van der Waals surface area contributed by atoms with Crippen LogP contribution in [0.15, 0.2) is 42.5 Å². The lowest BCUT2D eigenvalue weighted by Gasteiger charge is -2.40. The summed E-state index contributed by atoms with van der Waals surface area (Å²) in [6.07, 6.45) is -5.48. The molecule has 2 fully saturated rings.